The Hall–Kier alpha value is -1.40. The second kappa shape index (κ2) is 5.62. The van der Waals surface area contributed by atoms with Gasteiger partial charge in [0.1, 0.15) is 5.51 Å². The van der Waals surface area contributed by atoms with E-state index < -0.39 is 0 Å². The molecule has 6 heteroatoms. The lowest BCUT2D eigenvalue weighted by atomic mass is 10.4. The lowest BCUT2D eigenvalue weighted by Gasteiger charge is -2.01. The molecule has 0 saturated carbocycles. The number of benzene rings is 1. The zero-order chi connectivity index (χ0) is 11.2. The molecule has 2 aromatic rings. The summed E-state index contributed by atoms with van der Waals surface area (Å²) in [5.41, 5.74) is 1.58. The number of rotatable bonds is 4. The molecule has 0 spiro atoms. The van der Waals surface area contributed by atoms with E-state index in [0.717, 1.165) is 4.90 Å². The average molecular weight is 251 g/mol. The number of hydrogen-bond donors (Lipinski definition) is 1. The van der Waals surface area contributed by atoms with Crippen LogP contribution in [-0.4, -0.2) is 21.9 Å². The lowest BCUT2D eigenvalue weighted by molar-refractivity contribution is -0.113. The highest BCUT2D eigenvalue weighted by Crippen LogP contribution is 2.17. The Balaban J connectivity index is 1.80. The van der Waals surface area contributed by atoms with Gasteiger partial charge in [-0.05, 0) is 12.1 Å². The SMILES string of the molecule is O=C(CSc1ccccc1)Nc1nncs1. The smallest absolute Gasteiger partial charge is 0.236 e. The van der Waals surface area contributed by atoms with E-state index in [-0.39, 0.29) is 5.91 Å². The normalized spacial score (nSPS) is 10.0. The Morgan fingerprint density at radius 1 is 1.38 bits per heavy atom. The van der Waals surface area contributed by atoms with Crippen molar-refractivity contribution in [3.05, 3.63) is 35.8 Å². The van der Waals surface area contributed by atoms with Crippen LogP contribution in [-0.2, 0) is 4.79 Å². The molecular weight excluding hydrogens is 242 g/mol. The van der Waals surface area contributed by atoms with Crippen LogP contribution < -0.4 is 5.32 Å². The maximum atomic E-state index is 11.5. The first kappa shape index (κ1) is 11.1. The molecular formula is C10H9N3OS2. The van der Waals surface area contributed by atoms with E-state index in [9.17, 15) is 4.79 Å². The first-order valence-corrected chi connectivity index (χ1v) is 6.45. The van der Waals surface area contributed by atoms with E-state index in [1.165, 1.54) is 23.1 Å². The molecule has 82 valence electrons. The predicted molar refractivity (Wildman–Crippen MR) is 65.7 cm³/mol. The number of amides is 1. The van der Waals surface area contributed by atoms with Gasteiger partial charge in [0.25, 0.3) is 0 Å². The van der Waals surface area contributed by atoms with Crippen LogP contribution in [0.4, 0.5) is 5.13 Å². The summed E-state index contributed by atoms with van der Waals surface area (Å²) in [6.07, 6.45) is 0. The Morgan fingerprint density at radius 3 is 2.88 bits per heavy atom. The van der Waals surface area contributed by atoms with E-state index in [0.29, 0.717) is 10.9 Å². The first-order valence-electron chi connectivity index (χ1n) is 4.58. The summed E-state index contributed by atoms with van der Waals surface area (Å²) in [4.78, 5) is 12.6. The minimum Gasteiger partial charge on any atom is -0.300 e. The molecule has 1 aromatic carbocycles. The number of aromatic nitrogens is 2. The van der Waals surface area contributed by atoms with Crippen LogP contribution in [0.2, 0.25) is 0 Å². The molecule has 2 rings (SSSR count). The number of thioether (sulfide) groups is 1. The second-order valence-electron chi connectivity index (χ2n) is 2.89. The van der Waals surface area contributed by atoms with Crippen LogP contribution in [0.25, 0.3) is 0 Å². The number of carbonyl (C=O) groups is 1. The van der Waals surface area contributed by atoms with Gasteiger partial charge in [-0.3, -0.25) is 10.1 Å². The number of nitrogens with zero attached hydrogens (tertiary/aromatic N) is 2. The standard InChI is InChI=1S/C10H9N3OS2/c14-9(12-10-13-11-7-16-10)6-15-8-4-2-1-3-5-8/h1-5,7H,6H2,(H,12,13,14). The Labute approximate surface area is 101 Å². The van der Waals surface area contributed by atoms with Gasteiger partial charge < -0.3 is 0 Å². The van der Waals surface area contributed by atoms with Gasteiger partial charge in [0.2, 0.25) is 11.0 Å². The Morgan fingerprint density at radius 2 is 2.19 bits per heavy atom. The molecule has 0 atom stereocenters. The van der Waals surface area contributed by atoms with Gasteiger partial charge in [0, 0.05) is 4.90 Å². The summed E-state index contributed by atoms with van der Waals surface area (Å²) in [7, 11) is 0. The zero-order valence-electron chi connectivity index (χ0n) is 8.29. The van der Waals surface area contributed by atoms with E-state index in [1.54, 1.807) is 5.51 Å². The number of hydrogen-bond acceptors (Lipinski definition) is 5. The number of anilines is 1. The first-order chi connectivity index (χ1) is 7.84. The molecule has 1 heterocycles. The lowest BCUT2D eigenvalue weighted by Crippen LogP contribution is -2.13. The van der Waals surface area contributed by atoms with E-state index >= 15 is 0 Å². The molecule has 0 aliphatic heterocycles. The van der Waals surface area contributed by atoms with Crippen LogP contribution in [0.1, 0.15) is 0 Å². The van der Waals surface area contributed by atoms with Crippen LogP contribution in [0, 0.1) is 0 Å². The van der Waals surface area contributed by atoms with Crippen LogP contribution in [0.3, 0.4) is 0 Å². The topological polar surface area (TPSA) is 54.9 Å². The molecule has 1 amide bonds. The average Bonchev–Trinajstić information content (AvgIpc) is 2.81. The molecule has 16 heavy (non-hydrogen) atoms. The van der Waals surface area contributed by atoms with Crippen molar-refractivity contribution in [3.63, 3.8) is 0 Å². The summed E-state index contributed by atoms with van der Waals surface area (Å²) in [5.74, 6) is 0.314. The predicted octanol–water partition coefficient (Wildman–Crippen LogP) is 2.27. The molecule has 1 aromatic heterocycles. The maximum Gasteiger partial charge on any atom is 0.236 e. The van der Waals surface area contributed by atoms with E-state index in [1.807, 2.05) is 30.3 Å². The minimum atomic E-state index is -0.0643. The van der Waals surface area contributed by atoms with Crippen molar-refractivity contribution < 1.29 is 4.79 Å². The van der Waals surface area contributed by atoms with E-state index in [2.05, 4.69) is 15.5 Å². The maximum absolute atomic E-state index is 11.5. The number of carbonyl (C=O) groups excluding carboxylic acids is 1. The Bertz CT molecular complexity index is 444. The molecule has 4 nitrogen and oxygen atoms in total. The third-order valence-electron chi connectivity index (χ3n) is 1.72. The minimum absolute atomic E-state index is 0.0643. The number of nitrogens with one attached hydrogen (secondary N) is 1. The second-order valence-corrected chi connectivity index (χ2v) is 4.78. The Kier molecular flexibility index (Phi) is 3.90. The zero-order valence-corrected chi connectivity index (χ0v) is 9.92. The fourth-order valence-electron chi connectivity index (χ4n) is 1.05. The van der Waals surface area contributed by atoms with Gasteiger partial charge in [-0.2, -0.15) is 0 Å². The molecule has 0 aliphatic carbocycles. The van der Waals surface area contributed by atoms with Crippen molar-refractivity contribution in [1.29, 1.82) is 0 Å². The highest BCUT2D eigenvalue weighted by molar-refractivity contribution is 8.00. The van der Waals surface area contributed by atoms with Crippen LogP contribution in [0.15, 0.2) is 40.7 Å². The molecule has 1 N–H and O–H groups in total. The summed E-state index contributed by atoms with van der Waals surface area (Å²) >= 11 is 2.80. The van der Waals surface area contributed by atoms with Crippen molar-refractivity contribution >= 4 is 34.1 Å². The van der Waals surface area contributed by atoms with Crippen molar-refractivity contribution in [3.8, 4) is 0 Å². The molecule has 0 aliphatic rings. The quantitative estimate of drug-likeness (QED) is 0.847. The third-order valence-corrected chi connectivity index (χ3v) is 3.34. The summed E-state index contributed by atoms with van der Waals surface area (Å²) < 4.78 is 0. The van der Waals surface area contributed by atoms with Crippen LogP contribution >= 0.6 is 23.1 Å². The fourth-order valence-corrected chi connectivity index (χ4v) is 2.23. The fraction of sp³-hybridized carbons (Fsp3) is 0.100. The van der Waals surface area contributed by atoms with Crippen molar-refractivity contribution in [2.75, 3.05) is 11.1 Å². The largest absolute Gasteiger partial charge is 0.300 e. The molecule has 0 saturated heterocycles. The summed E-state index contributed by atoms with van der Waals surface area (Å²) in [6, 6.07) is 9.80. The van der Waals surface area contributed by atoms with Gasteiger partial charge in [-0.15, -0.1) is 22.0 Å². The molecule has 0 fully saturated rings. The molecule has 0 bridgehead atoms. The van der Waals surface area contributed by atoms with Gasteiger partial charge in [-0.25, -0.2) is 0 Å². The highest BCUT2D eigenvalue weighted by atomic mass is 32.2. The van der Waals surface area contributed by atoms with Crippen LogP contribution in [0.5, 0.6) is 0 Å². The highest BCUT2D eigenvalue weighted by Gasteiger charge is 2.05. The third kappa shape index (κ3) is 3.32. The van der Waals surface area contributed by atoms with Gasteiger partial charge in [-0.1, -0.05) is 29.5 Å². The van der Waals surface area contributed by atoms with Crippen molar-refractivity contribution in [1.82, 2.24) is 10.2 Å². The van der Waals surface area contributed by atoms with Gasteiger partial charge in [0.05, 0.1) is 5.75 Å². The molecule has 0 unspecified atom stereocenters. The van der Waals surface area contributed by atoms with E-state index in [4.69, 9.17) is 0 Å². The van der Waals surface area contributed by atoms with Crippen molar-refractivity contribution in [2.45, 2.75) is 4.90 Å². The van der Waals surface area contributed by atoms with Crippen molar-refractivity contribution in [2.24, 2.45) is 0 Å². The molecule has 0 radical (unpaired) electrons. The van der Waals surface area contributed by atoms with Gasteiger partial charge >= 0.3 is 0 Å². The monoisotopic (exact) mass is 251 g/mol. The van der Waals surface area contributed by atoms with Gasteiger partial charge in [0.15, 0.2) is 0 Å². The summed E-state index contributed by atoms with van der Waals surface area (Å²) in [6.45, 7) is 0. The summed E-state index contributed by atoms with van der Waals surface area (Å²) in [5, 5.41) is 10.6.